The van der Waals surface area contributed by atoms with Crippen molar-refractivity contribution in [3.63, 3.8) is 0 Å². The minimum Gasteiger partial charge on any atom is -0.497 e. The maximum Gasteiger partial charge on any atom is 0.271 e. The normalized spacial score (nSPS) is 14.4. The molecule has 1 aromatic heterocycles. The van der Waals surface area contributed by atoms with Crippen LogP contribution in [0.2, 0.25) is 5.02 Å². The third kappa shape index (κ3) is 7.12. The van der Waals surface area contributed by atoms with Crippen LogP contribution in [0.15, 0.2) is 99.9 Å². The van der Waals surface area contributed by atoms with E-state index in [1.54, 1.807) is 11.7 Å². The molecule has 6 rings (SSSR count). The zero-order valence-electron chi connectivity index (χ0n) is 26.4. The quantitative estimate of drug-likeness (QED) is 0.161. The van der Waals surface area contributed by atoms with E-state index in [1.807, 2.05) is 106 Å². The van der Waals surface area contributed by atoms with Crippen LogP contribution >= 0.6 is 68.1 Å². The van der Waals surface area contributed by atoms with Gasteiger partial charge in [-0.1, -0.05) is 71.0 Å². The number of rotatable bonds is 8. The molecule has 7 nitrogen and oxygen atoms in total. The van der Waals surface area contributed by atoms with Gasteiger partial charge in [0.25, 0.3) is 11.5 Å². The van der Waals surface area contributed by atoms with E-state index in [9.17, 15) is 9.59 Å². The molecule has 0 bridgehead atoms. The second-order valence-corrected chi connectivity index (χ2v) is 15.1. The number of aromatic nitrogens is 1. The fourth-order valence-electron chi connectivity index (χ4n) is 5.57. The van der Waals surface area contributed by atoms with Crippen molar-refractivity contribution >= 4 is 85.8 Å². The third-order valence-electron chi connectivity index (χ3n) is 7.98. The maximum absolute atomic E-state index is 14.2. The summed E-state index contributed by atoms with van der Waals surface area (Å²) in [6.07, 6.45) is 1.87. The number of allylic oxidation sites excluding steroid dienone is 1. The number of carbonyl (C=O) groups is 1. The summed E-state index contributed by atoms with van der Waals surface area (Å²) < 4.78 is 15.5. The van der Waals surface area contributed by atoms with Crippen molar-refractivity contribution in [2.24, 2.45) is 4.99 Å². The van der Waals surface area contributed by atoms with Crippen LogP contribution in [0.1, 0.15) is 40.8 Å². The van der Waals surface area contributed by atoms with Gasteiger partial charge in [-0.3, -0.25) is 14.2 Å². The van der Waals surface area contributed by atoms with Crippen LogP contribution in [-0.2, 0) is 11.4 Å². The van der Waals surface area contributed by atoms with Gasteiger partial charge >= 0.3 is 0 Å². The van der Waals surface area contributed by atoms with Crippen LogP contribution in [-0.4, -0.2) is 17.6 Å². The lowest BCUT2D eigenvalue weighted by molar-refractivity contribution is -0.113. The Hall–Kier alpha value is -3.46. The second-order valence-electron chi connectivity index (χ2n) is 11.3. The number of amides is 1. The Bertz CT molecular complexity index is 2260. The molecule has 0 aliphatic carbocycles. The lowest BCUT2D eigenvalue weighted by Gasteiger charge is -2.25. The lowest BCUT2D eigenvalue weighted by Crippen LogP contribution is -2.40. The van der Waals surface area contributed by atoms with Gasteiger partial charge in [-0.15, -0.1) is 0 Å². The summed E-state index contributed by atoms with van der Waals surface area (Å²) in [5.74, 6) is 1.12. The number of nitrogens with one attached hydrogen (secondary N) is 1. The molecule has 244 valence electrons. The summed E-state index contributed by atoms with van der Waals surface area (Å²) in [6.45, 7) is 6.13. The largest absolute Gasteiger partial charge is 0.497 e. The van der Waals surface area contributed by atoms with Crippen molar-refractivity contribution in [3.05, 3.63) is 150 Å². The first kappa shape index (κ1) is 34.4. The fraction of sp³-hybridized carbons (Fsp3) is 0.162. The maximum atomic E-state index is 14.2. The van der Waals surface area contributed by atoms with Gasteiger partial charge in [0.2, 0.25) is 0 Å². The third-order valence-corrected chi connectivity index (χ3v) is 10.9. The Morgan fingerprint density at radius 2 is 1.73 bits per heavy atom. The Balaban J connectivity index is 1.40. The summed E-state index contributed by atoms with van der Waals surface area (Å²) in [5.41, 5.74) is 6.01. The Morgan fingerprint density at radius 3 is 2.40 bits per heavy atom. The number of nitrogens with zero attached hydrogens (tertiary/aromatic N) is 2. The number of halogens is 3. The SMILES string of the molecule is COc1ccc([C@H]2C(C(=O)Nc3ccc(C)cc3C)=C(C)N=c3s/c(=C/c4cc(I)c(OCc5ccccc5Cl)c(I)c4)c(=O)n32)cc1. The molecule has 1 N–H and O–H groups in total. The average Bonchev–Trinajstić information content (AvgIpc) is 3.35. The van der Waals surface area contributed by atoms with Gasteiger partial charge < -0.3 is 14.8 Å². The van der Waals surface area contributed by atoms with Gasteiger partial charge in [0.1, 0.15) is 18.1 Å². The lowest BCUT2D eigenvalue weighted by atomic mass is 9.95. The number of fused-ring (bicyclic) bond motifs is 1. The average molecular weight is 902 g/mol. The molecular formula is C37H30ClI2N3O4S. The van der Waals surface area contributed by atoms with E-state index in [4.69, 9.17) is 26.1 Å². The van der Waals surface area contributed by atoms with Gasteiger partial charge in [0, 0.05) is 16.3 Å². The molecule has 0 radical (unpaired) electrons. The highest BCUT2D eigenvalue weighted by molar-refractivity contribution is 14.1. The molecule has 0 saturated heterocycles. The fourth-order valence-corrected chi connectivity index (χ4v) is 8.94. The van der Waals surface area contributed by atoms with E-state index in [1.165, 1.54) is 11.3 Å². The number of methoxy groups -OCH3 is 1. The summed E-state index contributed by atoms with van der Waals surface area (Å²) in [7, 11) is 1.60. The van der Waals surface area contributed by atoms with Crippen molar-refractivity contribution < 1.29 is 14.3 Å². The summed E-state index contributed by atoms with van der Waals surface area (Å²) >= 11 is 12.1. The van der Waals surface area contributed by atoms with E-state index in [-0.39, 0.29) is 11.5 Å². The van der Waals surface area contributed by atoms with Gasteiger partial charge in [-0.25, -0.2) is 4.99 Å². The van der Waals surface area contributed by atoms with Crippen molar-refractivity contribution in [2.45, 2.75) is 33.4 Å². The molecule has 1 atom stereocenters. The van der Waals surface area contributed by atoms with Crippen LogP contribution in [0.3, 0.4) is 0 Å². The topological polar surface area (TPSA) is 81.9 Å². The predicted octanol–water partition coefficient (Wildman–Crippen LogP) is 7.94. The van der Waals surface area contributed by atoms with Crippen molar-refractivity contribution in [1.82, 2.24) is 4.57 Å². The Kier molecular flexibility index (Phi) is 10.4. The smallest absolute Gasteiger partial charge is 0.271 e. The molecule has 11 heteroatoms. The second kappa shape index (κ2) is 14.6. The molecule has 4 aromatic carbocycles. The first-order valence-corrected chi connectivity index (χ1v) is 18.3. The van der Waals surface area contributed by atoms with E-state index >= 15 is 0 Å². The number of thiazole rings is 1. The van der Waals surface area contributed by atoms with Crippen LogP contribution in [0.4, 0.5) is 5.69 Å². The molecule has 5 aromatic rings. The summed E-state index contributed by atoms with van der Waals surface area (Å²) in [4.78, 5) is 33.6. The molecule has 0 saturated carbocycles. The van der Waals surface area contributed by atoms with Gasteiger partial charge in [-0.05, 0) is 125 Å². The van der Waals surface area contributed by atoms with Gasteiger partial charge in [0.15, 0.2) is 4.80 Å². The van der Waals surface area contributed by atoms with Crippen LogP contribution in [0.5, 0.6) is 11.5 Å². The van der Waals surface area contributed by atoms with Crippen molar-refractivity contribution in [1.29, 1.82) is 0 Å². The first-order chi connectivity index (χ1) is 23.0. The Morgan fingerprint density at radius 1 is 1.02 bits per heavy atom. The zero-order valence-corrected chi connectivity index (χ0v) is 32.3. The molecule has 1 aliphatic rings. The van der Waals surface area contributed by atoms with Crippen LogP contribution in [0, 0.1) is 21.0 Å². The van der Waals surface area contributed by atoms with E-state index in [0.717, 1.165) is 40.7 Å². The molecule has 0 fully saturated rings. The van der Waals surface area contributed by atoms with E-state index in [0.29, 0.717) is 43.7 Å². The predicted molar refractivity (Wildman–Crippen MR) is 209 cm³/mol. The van der Waals surface area contributed by atoms with Crippen LogP contribution < -0.4 is 29.7 Å². The number of benzene rings is 4. The summed E-state index contributed by atoms with van der Waals surface area (Å²) in [5, 5.41) is 3.73. The number of anilines is 1. The molecule has 1 aliphatic heterocycles. The van der Waals surface area contributed by atoms with E-state index < -0.39 is 6.04 Å². The van der Waals surface area contributed by atoms with E-state index in [2.05, 4.69) is 50.5 Å². The number of carbonyl (C=O) groups excluding carboxylic acids is 1. The number of aryl methyl sites for hydroxylation is 2. The molecule has 2 heterocycles. The standard InChI is InChI=1S/C37H30ClI2N3O4S/c1-20-9-14-30(21(2)15-20)42-35(44)32-22(3)41-37-43(33(32)24-10-12-26(46-4)13-11-24)36(45)31(48-37)18-23-16-28(39)34(29(40)17-23)47-19-25-7-5-6-8-27(25)38/h5-18,33H,19H2,1-4H3,(H,42,44)/b31-18+/t33-/m0/s1. The number of hydrogen-bond donors (Lipinski definition) is 1. The minimum absolute atomic E-state index is 0.229. The zero-order chi connectivity index (χ0) is 34.1. The van der Waals surface area contributed by atoms with Crippen molar-refractivity contribution in [3.8, 4) is 11.5 Å². The Labute approximate surface area is 314 Å². The molecular weight excluding hydrogens is 872 g/mol. The highest BCUT2D eigenvalue weighted by Crippen LogP contribution is 2.33. The van der Waals surface area contributed by atoms with Crippen molar-refractivity contribution in [2.75, 3.05) is 12.4 Å². The van der Waals surface area contributed by atoms with Gasteiger partial charge in [-0.2, -0.15) is 0 Å². The molecule has 1 amide bonds. The first-order valence-electron chi connectivity index (χ1n) is 14.9. The highest BCUT2D eigenvalue weighted by Gasteiger charge is 2.32. The minimum atomic E-state index is -0.694. The monoisotopic (exact) mass is 901 g/mol. The van der Waals surface area contributed by atoms with Gasteiger partial charge in [0.05, 0.1) is 36.1 Å². The molecule has 0 unspecified atom stereocenters. The number of hydrogen-bond acceptors (Lipinski definition) is 6. The summed E-state index contributed by atoms with van der Waals surface area (Å²) in [6, 6.07) is 24.2. The molecule has 48 heavy (non-hydrogen) atoms. The highest BCUT2D eigenvalue weighted by atomic mass is 127. The molecule has 0 spiro atoms. The number of ether oxygens (including phenoxy) is 2. The van der Waals surface area contributed by atoms with Crippen LogP contribution in [0.25, 0.3) is 6.08 Å².